The van der Waals surface area contributed by atoms with Gasteiger partial charge in [-0.25, -0.2) is 24.8 Å². The molecule has 7 N–H and O–H groups in total. The van der Waals surface area contributed by atoms with Crippen LogP contribution < -0.4 is 41.4 Å². The Morgan fingerprint density at radius 2 is 0.806 bits per heavy atom. The number of nitrogens with zero attached hydrogens (tertiary/aromatic N) is 5. The van der Waals surface area contributed by atoms with Crippen LogP contribution in [0.15, 0.2) is 43.0 Å². The van der Waals surface area contributed by atoms with Crippen LogP contribution in [0.4, 0.5) is 17.2 Å². The Kier molecular flexibility index (Phi) is 40.2. The average Bonchev–Trinajstić information content (AvgIpc) is 1.30. The van der Waals surface area contributed by atoms with Crippen molar-refractivity contribution in [1.29, 1.82) is 0 Å². The lowest BCUT2D eigenvalue weighted by atomic mass is 9.93. The number of nitrogens with one attached hydrogen (secondary N) is 6. The van der Waals surface area contributed by atoms with Gasteiger partial charge < -0.3 is 70.2 Å². The summed E-state index contributed by atoms with van der Waals surface area (Å²) in [5.74, 6) is 4.15. The third-order valence-corrected chi connectivity index (χ3v) is 19.6. The fourth-order valence-electron chi connectivity index (χ4n) is 14.0. The van der Waals surface area contributed by atoms with Crippen molar-refractivity contribution in [2.75, 3.05) is 25.1 Å². The van der Waals surface area contributed by atoms with Gasteiger partial charge in [-0.2, -0.15) is 0 Å². The second-order valence-electron chi connectivity index (χ2n) is 34.4. The number of hydrogen-bond acceptors (Lipinski definition) is 24. The number of fused-ring (bicyclic) bond motifs is 10. The smallest absolute Gasteiger partial charge is 0.293 e. The molecule has 0 amide bonds. The zero-order chi connectivity index (χ0) is 80.4. The van der Waals surface area contributed by atoms with Gasteiger partial charge in [0.15, 0.2) is 5.69 Å². The first-order valence-corrected chi connectivity index (χ1v) is 39.1. The molecular weight excluding hydrogens is 1420 g/mol. The molecule has 2 aromatic heterocycles. The fraction of sp³-hybridized carbons (Fsp3) is 0.716. The molecule has 3 aromatic rings. The Morgan fingerprint density at radius 1 is 0.491 bits per heavy atom. The van der Waals surface area contributed by atoms with Gasteiger partial charge in [-0.05, 0) is 263 Å². The molecule has 12 heterocycles. The second kappa shape index (κ2) is 46.3. The molecule has 1 aromatic carbocycles. The first kappa shape index (κ1) is 93.7. The molecule has 10 aliphatic heterocycles. The van der Waals surface area contributed by atoms with Gasteiger partial charge in [0.05, 0.1) is 36.1 Å². The van der Waals surface area contributed by atoms with Gasteiger partial charge in [-0.3, -0.25) is 28.8 Å². The summed E-state index contributed by atoms with van der Waals surface area (Å²) in [6, 6.07) is 12.0. The Hall–Kier alpha value is -6.63. The van der Waals surface area contributed by atoms with Crippen LogP contribution in [0.3, 0.4) is 0 Å². The van der Waals surface area contributed by atoms with E-state index in [1.54, 1.807) is 18.2 Å². The summed E-state index contributed by atoms with van der Waals surface area (Å²) in [7, 11) is 0. The van der Waals surface area contributed by atoms with Crippen LogP contribution >= 0.6 is 23.2 Å². The van der Waals surface area contributed by atoms with Crippen molar-refractivity contribution in [2.24, 2.45) is 17.8 Å². The van der Waals surface area contributed by atoms with Crippen LogP contribution in [-0.2, 0) is 52.5 Å². The van der Waals surface area contributed by atoms with E-state index < -0.39 is 0 Å². The minimum atomic E-state index is -0.318. The lowest BCUT2D eigenvalue weighted by molar-refractivity contribution is -0.139. The minimum absolute atomic E-state index is 0.318. The van der Waals surface area contributed by atoms with Crippen molar-refractivity contribution in [3.8, 4) is 11.8 Å². The van der Waals surface area contributed by atoms with Crippen LogP contribution in [0, 0.1) is 38.2 Å². The number of hydrogen-bond donors (Lipinski definition) is 7. The Morgan fingerprint density at radius 3 is 1.12 bits per heavy atom. The second-order valence-corrected chi connectivity index (χ2v) is 35.2. The number of aliphatic hydroxyl groups excluding tert-OH is 1. The molecule has 27 heteroatoms. The highest BCUT2D eigenvalue weighted by Gasteiger charge is 2.37. The monoisotopic (exact) mass is 1550 g/mol. The number of rotatable bonds is 14. The van der Waals surface area contributed by atoms with Crippen molar-refractivity contribution in [3.05, 3.63) is 75.7 Å². The van der Waals surface area contributed by atoms with Gasteiger partial charge in [-0.1, -0.05) is 41.4 Å². The first-order valence-electron chi connectivity index (χ1n) is 38.4. The summed E-state index contributed by atoms with van der Waals surface area (Å²) in [5, 5.41) is 30.9. The number of halogens is 2. The Balaban J connectivity index is 0.000000267. The molecular formula is C81H129Cl2N11O14. The van der Waals surface area contributed by atoms with Crippen LogP contribution in [0.5, 0.6) is 11.8 Å². The van der Waals surface area contributed by atoms with Crippen LogP contribution in [0.25, 0.3) is 4.85 Å². The van der Waals surface area contributed by atoms with Crippen molar-refractivity contribution in [2.45, 2.75) is 335 Å². The van der Waals surface area contributed by atoms with E-state index in [1.165, 1.54) is 134 Å². The van der Waals surface area contributed by atoms with Crippen molar-refractivity contribution >= 4 is 78.5 Å². The lowest BCUT2D eigenvalue weighted by Crippen LogP contribution is -2.39. The van der Waals surface area contributed by atoms with Gasteiger partial charge in [0.1, 0.15) is 57.4 Å². The quantitative estimate of drug-likeness (QED) is 0.0259. The predicted octanol–water partition coefficient (Wildman–Crippen LogP) is 14.2. The number of piperidine rings is 5. The molecule has 0 saturated carbocycles. The topological polar surface area (TPSA) is 315 Å². The van der Waals surface area contributed by atoms with Gasteiger partial charge in [0.25, 0.3) is 32.4 Å². The molecule has 10 aliphatic rings. The summed E-state index contributed by atoms with van der Waals surface area (Å²) in [6.45, 7) is 46.3. The van der Waals surface area contributed by atoms with E-state index in [2.05, 4.69) is 86.9 Å². The van der Waals surface area contributed by atoms with Crippen molar-refractivity contribution in [3.63, 3.8) is 0 Å². The number of Topliss-reactive ketones (excluding diaryl/α,β-unsaturated/α-hetero) is 1. The summed E-state index contributed by atoms with van der Waals surface area (Å²) >= 11 is 12.2. The maximum atomic E-state index is 10.9. The molecule has 0 aliphatic carbocycles. The number of ether oxygens (including phenoxy) is 7. The highest BCUT2D eigenvalue weighted by Crippen LogP contribution is 2.36. The number of aliphatic hydroxyl groups is 1. The molecule has 25 nitrogen and oxygen atoms in total. The van der Waals surface area contributed by atoms with Crippen LogP contribution in [-0.4, -0.2) is 171 Å². The standard InChI is InChI=1S/C20H22ClN5O.C13H18ClN3O.C8H15NO.C8H13N.C7H11NO.5C5H10O2/c1-12-19(26-18-6-5-14(22-2)9-17(18)21)23-11-24-20(12)27-10-13-7-15-3-4-16(8-13)25-15;1-8-12(14)15-7-16-13(8)18-6-9-4-10-2-3-11(5-9)17-10;10-5-6-3-7-1-2-8(4-6)9-7;1-6-4-7-2-3-8(5-6)9-7;9-7-3-5-1-2-6(4-7)8-5;5*1-5(2,3)7-4-6/h5-6,9,11,13,15-16,25H,3-4,7-8,10H2,1H3,(H,23,24,26);7,9-11,17H,2-6H2,1H3;6-10H,1-5H2;7-9H,1-5H2;5-6,8H,1-4H2;5*4H,1-3H3. The first-order chi connectivity index (χ1) is 50.7. The van der Waals surface area contributed by atoms with Crippen LogP contribution in [0.1, 0.15) is 243 Å². The van der Waals surface area contributed by atoms with Gasteiger partial charge in [-0.15, -0.1) is 0 Å². The average molecular weight is 1550 g/mol. The number of aromatic nitrogens is 4. The normalized spacial score (nSPS) is 25.6. The highest BCUT2D eigenvalue weighted by molar-refractivity contribution is 6.33. The number of benzene rings is 1. The van der Waals surface area contributed by atoms with E-state index in [4.69, 9.17) is 44.4 Å². The Labute approximate surface area is 653 Å². The molecule has 0 radical (unpaired) electrons. The van der Waals surface area contributed by atoms with E-state index in [0.29, 0.717) is 144 Å². The van der Waals surface area contributed by atoms with Gasteiger partial charge in [0.2, 0.25) is 11.8 Å². The number of carbonyl (C=O) groups excluding carboxylic acids is 6. The third kappa shape index (κ3) is 38.8. The molecule has 10 unspecified atom stereocenters. The summed E-state index contributed by atoms with van der Waals surface area (Å²) in [5.41, 5.74) is 2.75. The van der Waals surface area contributed by atoms with Crippen molar-refractivity contribution in [1.82, 2.24) is 46.5 Å². The maximum absolute atomic E-state index is 10.9. The molecule has 10 saturated heterocycles. The summed E-state index contributed by atoms with van der Waals surface area (Å²) in [6.07, 6.45) is 27.3. The molecule has 606 valence electrons. The molecule has 10 atom stereocenters. The van der Waals surface area contributed by atoms with E-state index in [-0.39, 0.29) is 28.0 Å². The van der Waals surface area contributed by atoms with Crippen molar-refractivity contribution < 1.29 is 67.0 Å². The largest absolute Gasteiger partial charge is 0.477 e. The molecule has 13 rings (SSSR count). The van der Waals surface area contributed by atoms with E-state index in [0.717, 1.165) is 54.7 Å². The SMILES string of the molecule is C=C1CC2CCC(C1)N2.CC(C)(C)OC=O.CC(C)(C)OC=O.CC(C)(C)OC=O.CC(C)(C)OC=O.CC(C)(C)OC=O.Cc1c(Cl)ncnc1OCC1CC2CCC(C1)N2.O=C1CC2CCC(C1)N2.OCC1CC2CCC(C1)N2.[C-]#[N+]c1ccc(Nc2ncnc(OCC3CC4CCC(C3)N4)c2C)c(Cl)c1. The maximum Gasteiger partial charge on any atom is 0.293 e. The fourth-order valence-corrected chi connectivity index (χ4v) is 14.3. The number of anilines is 2. The zero-order valence-electron chi connectivity index (χ0n) is 67.5. The third-order valence-electron chi connectivity index (χ3n) is 18.9. The lowest BCUT2D eigenvalue weighted by Gasteiger charge is -2.28. The molecule has 108 heavy (non-hydrogen) atoms. The summed E-state index contributed by atoms with van der Waals surface area (Å²) in [4.78, 5) is 79.0. The highest BCUT2D eigenvalue weighted by atomic mass is 35.5. The van der Waals surface area contributed by atoms with Crippen LogP contribution in [0.2, 0.25) is 10.2 Å². The number of carbonyl (C=O) groups is 6. The summed E-state index contributed by atoms with van der Waals surface area (Å²) < 4.78 is 34.6. The molecule has 0 spiro atoms. The number of ketones is 1. The predicted molar refractivity (Wildman–Crippen MR) is 423 cm³/mol. The zero-order valence-corrected chi connectivity index (χ0v) is 69.0. The minimum Gasteiger partial charge on any atom is -0.477 e. The molecule has 10 fully saturated rings. The Bertz CT molecular complexity index is 3060. The van der Waals surface area contributed by atoms with E-state index in [9.17, 15) is 28.8 Å². The van der Waals surface area contributed by atoms with Gasteiger partial charge in [0, 0.05) is 85.4 Å². The molecule has 10 bridgehead atoms. The van der Waals surface area contributed by atoms with E-state index in [1.807, 2.05) is 118 Å². The van der Waals surface area contributed by atoms with Gasteiger partial charge >= 0.3 is 0 Å². The van der Waals surface area contributed by atoms with E-state index >= 15 is 0 Å².